The number of carbonyl (C=O) groups is 1. The third-order valence-corrected chi connectivity index (χ3v) is 0.639. The monoisotopic (exact) mass is 180 g/mol. The Morgan fingerprint density at radius 3 is 2.10 bits per heavy atom. The van der Waals surface area contributed by atoms with E-state index in [0.717, 1.165) is 0 Å². The van der Waals surface area contributed by atoms with E-state index in [4.69, 9.17) is 15.2 Å². The molecule has 4 nitrogen and oxygen atoms in total. The van der Waals surface area contributed by atoms with Crippen molar-refractivity contribution >= 4 is 31.4 Å². The minimum Gasteiger partial charge on any atom is -0.465 e. The Bertz CT molecular complexity index is 128. The number of amides is 1. The molecule has 58 valence electrons. The van der Waals surface area contributed by atoms with Gasteiger partial charge in [0.2, 0.25) is 0 Å². The molecule has 0 rings (SSSR count). The summed E-state index contributed by atoms with van der Waals surface area (Å²) in [6.45, 7) is 0. The highest BCUT2D eigenvalue weighted by atomic mass is 32.2. The average molecular weight is 180 g/mol. The van der Waals surface area contributed by atoms with Crippen molar-refractivity contribution in [3.63, 3.8) is 0 Å². The fourth-order valence-electron chi connectivity index (χ4n) is 0.0816. The third kappa shape index (κ3) is 51.4. The Balaban J connectivity index is 0. The second kappa shape index (κ2) is 8.46. The van der Waals surface area contributed by atoms with Gasteiger partial charge in [-0.05, 0) is 0 Å². The van der Waals surface area contributed by atoms with Gasteiger partial charge in [-0.1, -0.05) is 0 Å². The fourth-order valence-corrected chi connectivity index (χ4v) is 0.245. The van der Waals surface area contributed by atoms with Crippen LogP contribution >= 0.6 is 25.3 Å². The largest absolute Gasteiger partial charge is 0.465 e. The van der Waals surface area contributed by atoms with Crippen LogP contribution in [-0.2, 0) is 0 Å². The summed E-state index contributed by atoms with van der Waals surface area (Å²) in [5, 5.41) is 15.1. The number of primary amides is 1. The zero-order chi connectivity index (χ0) is 8.57. The van der Waals surface area contributed by atoms with Gasteiger partial charge in [-0.15, -0.1) is 0 Å². The van der Waals surface area contributed by atoms with Crippen molar-refractivity contribution in [2.24, 2.45) is 5.73 Å². The van der Waals surface area contributed by atoms with Crippen LogP contribution in [0.15, 0.2) is 0 Å². The van der Waals surface area contributed by atoms with E-state index in [1.807, 2.05) is 6.07 Å². The summed E-state index contributed by atoms with van der Waals surface area (Å²) in [4.78, 5) is 8.78. The second-order valence-electron chi connectivity index (χ2n) is 1.18. The van der Waals surface area contributed by atoms with Gasteiger partial charge in [0.25, 0.3) is 0 Å². The van der Waals surface area contributed by atoms with Crippen molar-refractivity contribution in [3.05, 3.63) is 0 Å². The van der Waals surface area contributed by atoms with Crippen molar-refractivity contribution < 1.29 is 9.90 Å². The second-order valence-corrected chi connectivity index (χ2v) is 2.84. The molecule has 0 aliphatic heterocycles. The lowest BCUT2D eigenvalue weighted by molar-refractivity contribution is 0.205. The van der Waals surface area contributed by atoms with Crippen LogP contribution in [0.4, 0.5) is 4.79 Å². The van der Waals surface area contributed by atoms with Crippen molar-refractivity contribution in [3.8, 4) is 6.07 Å². The molecule has 0 heterocycles. The zero-order valence-electron chi connectivity index (χ0n) is 5.06. The van der Waals surface area contributed by atoms with E-state index in [-0.39, 0.29) is 4.58 Å². The topological polar surface area (TPSA) is 87.1 Å². The number of nitriles is 1. The molecule has 0 spiro atoms. The van der Waals surface area contributed by atoms with Crippen molar-refractivity contribution in [1.82, 2.24) is 0 Å². The molecule has 0 saturated heterocycles. The van der Waals surface area contributed by atoms with Crippen molar-refractivity contribution in [2.75, 3.05) is 0 Å². The minimum atomic E-state index is -1.33. The van der Waals surface area contributed by atoms with E-state index < -0.39 is 6.09 Å². The molecular formula is C4H8N2O2S2. The van der Waals surface area contributed by atoms with Crippen molar-refractivity contribution in [2.45, 2.75) is 11.0 Å². The number of nitrogens with two attached hydrogens (primary N) is 1. The SMILES string of the molecule is N#CCC(S)S.NC(=O)O. The third-order valence-electron chi connectivity index (χ3n) is 0.274. The van der Waals surface area contributed by atoms with E-state index in [0.29, 0.717) is 6.42 Å². The highest BCUT2D eigenvalue weighted by Gasteiger charge is 1.87. The molecule has 0 unspecified atom stereocenters. The summed E-state index contributed by atoms with van der Waals surface area (Å²) in [5.74, 6) is 0. The smallest absolute Gasteiger partial charge is 0.402 e. The number of carboxylic acid groups (broad SMARTS) is 1. The van der Waals surface area contributed by atoms with Gasteiger partial charge in [0.15, 0.2) is 0 Å². The Labute approximate surface area is 69.8 Å². The molecule has 0 bridgehead atoms. The Kier molecular flexibility index (Phi) is 10.3. The number of thiol groups is 2. The van der Waals surface area contributed by atoms with Gasteiger partial charge in [-0.2, -0.15) is 30.5 Å². The maximum absolute atomic E-state index is 8.78. The molecule has 0 aliphatic rings. The zero-order valence-corrected chi connectivity index (χ0v) is 6.85. The molecule has 0 radical (unpaired) electrons. The maximum atomic E-state index is 8.78. The molecular weight excluding hydrogens is 172 g/mol. The Morgan fingerprint density at radius 1 is 1.80 bits per heavy atom. The molecule has 10 heavy (non-hydrogen) atoms. The fraction of sp³-hybridized carbons (Fsp3) is 0.500. The maximum Gasteiger partial charge on any atom is 0.402 e. The predicted molar refractivity (Wildman–Crippen MR) is 44.2 cm³/mol. The summed E-state index contributed by atoms with van der Waals surface area (Å²) < 4.78 is -0.0741. The quantitative estimate of drug-likeness (QED) is 0.354. The minimum absolute atomic E-state index is 0.0741. The van der Waals surface area contributed by atoms with E-state index in [1.54, 1.807) is 0 Å². The van der Waals surface area contributed by atoms with Crippen LogP contribution in [0.3, 0.4) is 0 Å². The van der Waals surface area contributed by atoms with Crippen LogP contribution in [0.25, 0.3) is 0 Å². The first-order valence-corrected chi connectivity index (χ1v) is 3.25. The van der Waals surface area contributed by atoms with Gasteiger partial charge >= 0.3 is 6.09 Å². The Morgan fingerprint density at radius 2 is 2.10 bits per heavy atom. The predicted octanol–water partition coefficient (Wildman–Crippen LogP) is 0.709. The molecule has 0 fully saturated rings. The molecule has 0 aromatic carbocycles. The lowest BCUT2D eigenvalue weighted by Crippen LogP contribution is -2.03. The van der Waals surface area contributed by atoms with Crippen LogP contribution in [0.2, 0.25) is 0 Å². The number of hydrogen-bond acceptors (Lipinski definition) is 4. The molecule has 0 atom stereocenters. The number of rotatable bonds is 1. The van der Waals surface area contributed by atoms with E-state index in [1.165, 1.54) is 0 Å². The highest BCUT2D eigenvalue weighted by molar-refractivity contribution is 7.99. The molecule has 0 saturated carbocycles. The summed E-state index contributed by atoms with van der Waals surface area (Å²) >= 11 is 7.64. The summed E-state index contributed by atoms with van der Waals surface area (Å²) in [5.41, 5.74) is 4.03. The average Bonchev–Trinajstić information content (AvgIpc) is 1.62. The standard InChI is InChI=1S/C3H5NS2.CH3NO2/c4-2-1-3(5)6;2-1(3)4/h3,5-6H,1H2;2H2,(H,3,4). The van der Waals surface area contributed by atoms with E-state index in [9.17, 15) is 0 Å². The van der Waals surface area contributed by atoms with Crippen LogP contribution < -0.4 is 5.73 Å². The molecule has 0 aromatic rings. The lowest BCUT2D eigenvalue weighted by Gasteiger charge is -1.86. The van der Waals surface area contributed by atoms with Gasteiger partial charge in [0, 0.05) is 0 Å². The van der Waals surface area contributed by atoms with Crippen LogP contribution in [0.1, 0.15) is 6.42 Å². The highest BCUT2D eigenvalue weighted by Crippen LogP contribution is 2.02. The van der Waals surface area contributed by atoms with Gasteiger partial charge < -0.3 is 10.8 Å². The van der Waals surface area contributed by atoms with Crippen molar-refractivity contribution in [1.29, 1.82) is 5.26 Å². The van der Waals surface area contributed by atoms with Gasteiger partial charge in [-0.25, -0.2) is 4.79 Å². The number of nitrogens with zero attached hydrogens (tertiary/aromatic N) is 1. The van der Waals surface area contributed by atoms with Gasteiger partial charge in [0.1, 0.15) is 0 Å². The first kappa shape index (κ1) is 12.2. The Hall–Kier alpha value is -0.540. The van der Waals surface area contributed by atoms with Gasteiger partial charge in [-0.3, -0.25) is 0 Å². The summed E-state index contributed by atoms with van der Waals surface area (Å²) in [7, 11) is 0. The first-order chi connectivity index (χ1) is 4.50. The van der Waals surface area contributed by atoms with Gasteiger partial charge in [0.05, 0.1) is 17.1 Å². The normalized spacial score (nSPS) is 7.40. The van der Waals surface area contributed by atoms with Crippen LogP contribution in [0, 0.1) is 11.3 Å². The molecule has 0 aliphatic carbocycles. The summed E-state index contributed by atoms with van der Waals surface area (Å²) in [6, 6.07) is 1.91. The number of hydrogen-bond donors (Lipinski definition) is 4. The summed E-state index contributed by atoms with van der Waals surface area (Å²) in [6.07, 6.45) is -0.924. The van der Waals surface area contributed by atoms with E-state index in [2.05, 4.69) is 31.0 Å². The molecule has 3 N–H and O–H groups in total. The molecule has 1 amide bonds. The molecule has 0 aromatic heterocycles. The van der Waals surface area contributed by atoms with Crippen LogP contribution in [-0.4, -0.2) is 15.8 Å². The van der Waals surface area contributed by atoms with E-state index >= 15 is 0 Å². The first-order valence-electron chi connectivity index (χ1n) is 2.22. The lowest BCUT2D eigenvalue weighted by atomic mass is 10.5. The molecule has 6 heteroatoms. The van der Waals surface area contributed by atoms with Crippen LogP contribution in [0.5, 0.6) is 0 Å².